The molecular formula is C21H19N3O. The first-order valence-electron chi connectivity index (χ1n) is 8.30. The van der Waals surface area contributed by atoms with Gasteiger partial charge in [-0.25, -0.2) is 4.98 Å². The summed E-state index contributed by atoms with van der Waals surface area (Å²) < 4.78 is 0. The zero-order valence-electron chi connectivity index (χ0n) is 13.7. The number of phenols is 1. The van der Waals surface area contributed by atoms with E-state index in [4.69, 9.17) is 5.73 Å². The Morgan fingerprint density at radius 1 is 0.920 bits per heavy atom. The van der Waals surface area contributed by atoms with E-state index in [1.54, 1.807) is 12.1 Å². The smallest absolute Gasteiger partial charge is 0.123 e. The van der Waals surface area contributed by atoms with Crippen LogP contribution in [0, 0.1) is 0 Å². The summed E-state index contributed by atoms with van der Waals surface area (Å²) in [5, 5.41) is 11.4. The number of aromatic hydroxyl groups is 1. The predicted octanol–water partition coefficient (Wildman–Crippen LogP) is 4.30. The maximum atomic E-state index is 10.2. The van der Waals surface area contributed by atoms with Crippen LogP contribution in [0.4, 0.5) is 5.82 Å². The van der Waals surface area contributed by atoms with Crippen molar-refractivity contribution in [2.75, 3.05) is 5.73 Å². The molecule has 0 saturated heterocycles. The van der Waals surface area contributed by atoms with E-state index in [-0.39, 0.29) is 0 Å². The molecule has 0 aliphatic heterocycles. The Morgan fingerprint density at radius 2 is 1.76 bits per heavy atom. The summed E-state index contributed by atoms with van der Waals surface area (Å²) in [6, 6.07) is 19.8. The predicted molar refractivity (Wildman–Crippen MR) is 101 cm³/mol. The third kappa shape index (κ3) is 3.19. The Balaban J connectivity index is 1.61. The second-order valence-electron chi connectivity index (χ2n) is 6.18. The molecule has 4 aromatic rings. The van der Waals surface area contributed by atoms with Crippen molar-refractivity contribution in [1.29, 1.82) is 0 Å². The van der Waals surface area contributed by atoms with Gasteiger partial charge in [0.1, 0.15) is 11.6 Å². The third-order valence-corrected chi connectivity index (χ3v) is 4.45. The maximum Gasteiger partial charge on any atom is 0.123 e. The topological polar surface area (TPSA) is 74.9 Å². The Bertz CT molecular complexity index is 1040. The second-order valence-corrected chi connectivity index (χ2v) is 6.18. The van der Waals surface area contributed by atoms with Gasteiger partial charge in [-0.05, 0) is 71.3 Å². The molecule has 0 saturated carbocycles. The molecule has 4 N–H and O–H groups in total. The van der Waals surface area contributed by atoms with Crippen molar-refractivity contribution in [3.05, 3.63) is 78.1 Å². The maximum absolute atomic E-state index is 10.2. The van der Waals surface area contributed by atoms with Crippen LogP contribution in [0.25, 0.3) is 22.0 Å². The first-order valence-corrected chi connectivity index (χ1v) is 8.30. The Hall–Kier alpha value is -3.27. The SMILES string of the molecule is Nc1cccc(CCc2cc(-c3ccc4cc[nH]c4c3)ccc2O)n1. The summed E-state index contributed by atoms with van der Waals surface area (Å²) in [7, 11) is 0. The van der Waals surface area contributed by atoms with Gasteiger partial charge in [0.05, 0.1) is 0 Å². The summed E-state index contributed by atoms with van der Waals surface area (Å²) in [6.45, 7) is 0. The summed E-state index contributed by atoms with van der Waals surface area (Å²) in [6.07, 6.45) is 3.38. The molecule has 0 fully saturated rings. The molecular weight excluding hydrogens is 310 g/mol. The third-order valence-electron chi connectivity index (χ3n) is 4.45. The number of phenolic OH excluding ortho intramolecular Hbond substituents is 1. The van der Waals surface area contributed by atoms with E-state index in [1.807, 2.05) is 30.5 Å². The molecule has 25 heavy (non-hydrogen) atoms. The number of nitrogens with one attached hydrogen (secondary N) is 1. The molecule has 0 radical (unpaired) electrons. The van der Waals surface area contributed by atoms with Gasteiger partial charge in [-0.3, -0.25) is 0 Å². The molecule has 2 aromatic heterocycles. The van der Waals surface area contributed by atoms with E-state index < -0.39 is 0 Å². The summed E-state index contributed by atoms with van der Waals surface area (Å²) in [4.78, 5) is 7.56. The minimum atomic E-state index is 0.314. The van der Waals surface area contributed by atoms with Gasteiger partial charge in [0, 0.05) is 17.4 Å². The number of aromatic amines is 1. The average molecular weight is 329 g/mol. The van der Waals surface area contributed by atoms with Crippen molar-refractivity contribution >= 4 is 16.7 Å². The lowest BCUT2D eigenvalue weighted by atomic mass is 9.99. The highest BCUT2D eigenvalue weighted by molar-refractivity contribution is 5.85. The average Bonchev–Trinajstić information content (AvgIpc) is 3.09. The fourth-order valence-electron chi connectivity index (χ4n) is 3.09. The van der Waals surface area contributed by atoms with E-state index in [0.717, 1.165) is 34.3 Å². The van der Waals surface area contributed by atoms with Gasteiger partial charge in [0.2, 0.25) is 0 Å². The number of hydrogen-bond donors (Lipinski definition) is 3. The standard InChI is InChI=1S/C21H19N3O/c22-21-3-1-2-18(24-21)8-6-17-12-15(7-9-20(17)25)16-5-4-14-10-11-23-19(14)13-16/h1-5,7,9-13,23,25H,6,8H2,(H2,22,24). The first-order chi connectivity index (χ1) is 12.2. The van der Waals surface area contributed by atoms with Crippen molar-refractivity contribution < 1.29 is 5.11 Å². The zero-order valence-corrected chi connectivity index (χ0v) is 13.7. The number of anilines is 1. The number of aryl methyl sites for hydroxylation is 2. The summed E-state index contributed by atoms with van der Waals surface area (Å²) in [5.74, 6) is 0.836. The number of benzene rings is 2. The van der Waals surface area contributed by atoms with Crippen molar-refractivity contribution in [1.82, 2.24) is 9.97 Å². The van der Waals surface area contributed by atoms with Gasteiger partial charge < -0.3 is 15.8 Å². The second kappa shape index (κ2) is 6.32. The minimum Gasteiger partial charge on any atom is -0.508 e. The highest BCUT2D eigenvalue weighted by Gasteiger charge is 2.07. The molecule has 2 heterocycles. The number of nitrogens with zero attached hydrogens (tertiary/aromatic N) is 1. The monoisotopic (exact) mass is 329 g/mol. The number of nitrogens with two attached hydrogens (primary N) is 1. The quantitative estimate of drug-likeness (QED) is 0.522. The number of pyridine rings is 1. The minimum absolute atomic E-state index is 0.314. The fraction of sp³-hybridized carbons (Fsp3) is 0.0952. The van der Waals surface area contributed by atoms with Crippen LogP contribution >= 0.6 is 0 Å². The van der Waals surface area contributed by atoms with Crippen LogP contribution in [-0.2, 0) is 12.8 Å². The largest absolute Gasteiger partial charge is 0.508 e. The van der Waals surface area contributed by atoms with Crippen molar-refractivity contribution in [2.24, 2.45) is 0 Å². The number of nitrogen functional groups attached to an aromatic ring is 1. The van der Waals surface area contributed by atoms with Gasteiger partial charge in [-0.2, -0.15) is 0 Å². The number of aromatic nitrogens is 2. The van der Waals surface area contributed by atoms with Gasteiger partial charge in [0.25, 0.3) is 0 Å². The Labute approximate surface area is 146 Å². The molecule has 0 bridgehead atoms. The van der Waals surface area contributed by atoms with Crippen molar-refractivity contribution in [2.45, 2.75) is 12.8 Å². The molecule has 4 rings (SSSR count). The fourth-order valence-corrected chi connectivity index (χ4v) is 3.09. The zero-order chi connectivity index (χ0) is 17.2. The molecule has 0 unspecified atom stereocenters. The van der Waals surface area contributed by atoms with E-state index in [9.17, 15) is 5.11 Å². The molecule has 124 valence electrons. The first kappa shape index (κ1) is 15.3. The van der Waals surface area contributed by atoms with E-state index >= 15 is 0 Å². The molecule has 4 nitrogen and oxygen atoms in total. The van der Waals surface area contributed by atoms with Gasteiger partial charge in [-0.1, -0.05) is 24.3 Å². The van der Waals surface area contributed by atoms with Crippen LogP contribution in [0.5, 0.6) is 5.75 Å². The number of hydrogen-bond acceptors (Lipinski definition) is 3. The molecule has 0 spiro atoms. The Morgan fingerprint density at radius 3 is 2.64 bits per heavy atom. The van der Waals surface area contributed by atoms with Crippen LogP contribution in [0.15, 0.2) is 66.9 Å². The molecule has 2 aromatic carbocycles. The van der Waals surface area contributed by atoms with E-state index in [2.05, 4.69) is 34.2 Å². The van der Waals surface area contributed by atoms with E-state index in [0.29, 0.717) is 18.0 Å². The lowest BCUT2D eigenvalue weighted by Crippen LogP contribution is -1.98. The lowest BCUT2D eigenvalue weighted by molar-refractivity contribution is 0.468. The molecule has 0 aliphatic rings. The van der Waals surface area contributed by atoms with Crippen LogP contribution < -0.4 is 5.73 Å². The van der Waals surface area contributed by atoms with Crippen LogP contribution in [0.1, 0.15) is 11.3 Å². The lowest BCUT2D eigenvalue weighted by Gasteiger charge is -2.09. The normalized spacial score (nSPS) is 11.0. The van der Waals surface area contributed by atoms with Crippen LogP contribution in [0.2, 0.25) is 0 Å². The number of rotatable bonds is 4. The molecule has 0 amide bonds. The van der Waals surface area contributed by atoms with E-state index in [1.165, 1.54) is 5.39 Å². The molecule has 0 aliphatic carbocycles. The van der Waals surface area contributed by atoms with Crippen molar-refractivity contribution in [3.8, 4) is 16.9 Å². The molecule has 0 atom stereocenters. The number of fused-ring (bicyclic) bond motifs is 1. The summed E-state index contributed by atoms with van der Waals surface area (Å²) in [5.41, 5.74) is 10.9. The van der Waals surface area contributed by atoms with Crippen LogP contribution in [-0.4, -0.2) is 15.1 Å². The van der Waals surface area contributed by atoms with Gasteiger partial charge in [-0.15, -0.1) is 0 Å². The Kier molecular flexibility index (Phi) is 3.86. The van der Waals surface area contributed by atoms with Crippen molar-refractivity contribution in [3.63, 3.8) is 0 Å². The number of H-pyrrole nitrogens is 1. The highest BCUT2D eigenvalue weighted by Crippen LogP contribution is 2.29. The van der Waals surface area contributed by atoms with Gasteiger partial charge in [0.15, 0.2) is 0 Å². The van der Waals surface area contributed by atoms with Gasteiger partial charge >= 0.3 is 0 Å². The highest BCUT2D eigenvalue weighted by atomic mass is 16.3. The summed E-state index contributed by atoms with van der Waals surface area (Å²) >= 11 is 0. The van der Waals surface area contributed by atoms with Crippen LogP contribution in [0.3, 0.4) is 0 Å². The molecule has 4 heteroatoms.